The van der Waals surface area contributed by atoms with E-state index in [0.29, 0.717) is 28.1 Å². The van der Waals surface area contributed by atoms with Gasteiger partial charge in [0.15, 0.2) is 5.78 Å². The van der Waals surface area contributed by atoms with Crippen molar-refractivity contribution in [3.05, 3.63) is 58.7 Å². The van der Waals surface area contributed by atoms with Gasteiger partial charge in [-0.1, -0.05) is 0 Å². The number of nitrogens with zero attached hydrogens (tertiary/aromatic N) is 2. The number of carbonyl (C=O) groups excluding carboxylic acids is 5. The van der Waals surface area contributed by atoms with Gasteiger partial charge < -0.3 is 29.4 Å². The number of methoxy groups -OCH3 is 1. The Hall–Kier alpha value is -4.49. The van der Waals surface area contributed by atoms with Crippen LogP contribution in [0.2, 0.25) is 0 Å². The minimum atomic E-state index is -0.781. The first-order chi connectivity index (χ1) is 24.1. The first-order valence-corrected chi connectivity index (χ1v) is 17.5. The van der Waals surface area contributed by atoms with E-state index in [0.717, 1.165) is 0 Å². The Morgan fingerprint density at radius 1 is 0.528 bits per heavy atom. The standard InChI is InChI=1S/C40H59N3O10/c1-37(2,3)50-31(44)22-42(23-32(45)51-38(4,5)6)20-28-18-27(35(48)26-14-16-30(41)17-15-26)19-29(36(28)49-13)21-43(24-33(46)52-39(7,8)9)25-34(47)53-40(10,11)12/h14-19H,20-25,41H2,1-13H3. The number of ether oxygens (including phenoxy) is 5. The van der Waals surface area contributed by atoms with Crippen LogP contribution in [-0.2, 0) is 51.2 Å². The molecule has 0 aliphatic heterocycles. The van der Waals surface area contributed by atoms with Crippen LogP contribution in [-0.4, -0.2) is 95.2 Å². The Labute approximate surface area is 314 Å². The molecule has 13 heteroatoms. The molecular formula is C40H59N3O10. The quantitative estimate of drug-likeness (QED) is 0.106. The predicted octanol–water partition coefficient (Wildman–Crippen LogP) is 5.48. The molecule has 2 aromatic carbocycles. The van der Waals surface area contributed by atoms with E-state index in [1.54, 1.807) is 129 Å². The van der Waals surface area contributed by atoms with E-state index in [9.17, 15) is 24.0 Å². The number of esters is 4. The van der Waals surface area contributed by atoms with Gasteiger partial charge in [-0.25, -0.2) is 0 Å². The van der Waals surface area contributed by atoms with E-state index < -0.39 is 46.3 Å². The van der Waals surface area contributed by atoms with Crippen LogP contribution in [0.4, 0.5) is 5.69 Å². The third-order valence-corrected chi connectivity index (χ3v) is 6.76. The average Bonchev–Trinajstić information content (AvgIpc) is 2.92. The summed E-state index contributed by atoms with van der Waals surface area (Å²) in [5, 5.41) is 0. The zero-order chi connectivity index (χ0) is 40.5. The van der Waals surface area contributed by atoms with Crippen molar-refractivity contribution in [2.75, 3.05) is 39.0 Å². The van der Waals surface area contributed by atoms with Crippen molar-refractivity contribution in [1.82, 2.24) is 9.80 Å². The Balaban J connectivity index is 2.74. The minimum absolute atomic E-state index is 0.0460. The number of nitrogen functional groups attached to an aromatic ring is 1. The van der Waals surface area contributed by atoms with Crippen molar-refractivity contribution in [2.24, 2.45) is 0 Å². The molecule has 0 fully saturated rings. The number of ketones is 1. The molecule has 0 amide bonds. The van der Waals surface area contributed by atoms with Crippen LogP contribution in [0.3, 0.4) is 0 Å². The summed E-state index contributed by atoms with van der Waals surface area (Å²) in [4.78, 5) is 69.4. The van der Waals surface area contributed by atoms with Crippen LogP contribution in [0.5, 0.6) is 5.75 Å². The van der Waals surface area contributed by atoms with Gasteiger partial charge in [0.05, 0.1) is 33.3 Å². The summed E-state index contributed by atoms with van der Waals surface area (Å²) in [5.41, 5.74) is 4.76. The molecule has 0 aliphatic rings. The Morgan fingerprint density at radius 3 is 1.09 bits per heavy atom. The van der Waals surface area contributed by atoms with E-state index in [2.05, 4.69) is 0 Å². The zero-order valence-electron chi connectivity index (χ0n) is 33.8. The van der Waals surface area contributed by atoms with Crippen molar-refractivity contribution in [3.8, 4) is 5.75 Å². The van der Waals surface area contributed by atoms with E-state index in [4.69, 9.17) is 29.4 Å². The highest BCUT2D eigenvalue weighted by atomic mass is 16.6. The lowest BCUT2D eigenvalue weighted by Crippen LogP contribution is -2.40. The second-order valence-corrected chi connectivity index (χ2v) is 16.9. The van der Waals surface area contributed by atoms with Gasteiger partial charge in [0.2, 0.25) is 0 Å². The number of rotatable bonds is 15. The largest absolute Gasteiger partial charge is 0.496 e. The summed E-state index contributed by atoms with van der Waals surface area (Å²) in [6.07, 6.45) is 0. The van der Waals surface area contributed by atoms with E-state index in [-0.39, 0.29) is 50.6 Å². The minimum Gasteiger partial charge on any atom is -0.496 e. The summed E-state index contributed by atoms with van der Waals surface area (Å²) in [5.74, 6) is -2.32. The normalized spacial score (nSPS) is 12.4. The number of nitrogens with two attached hydrogens (primary N) is 1. The molecule has 0 unspecified atom stereocenters. The van der Waals surface area contributed by atoms with Gasteiger partial charge in [0, 0.05) is 41.0 Å². The van der Waals surface area contributed by atoms with E-state index >= 15 is 0 Å². The van der Waals surface area contributed by atoms with E-state index in [1.807, 2.05) is 0 Å². The molecule has 0 atom stereocenters. The molecule has 0 bridgehead atoms. The molecule has 0 saturated heterocycles. The molecule has 0 radical (unpaired) electrons. The van der Waals surface area contributed by atoms with Crippen LogP contribution in [0.1, 0.15) is 110 Å². The van der Waals surface area contributed by atoms with Crippen molar-refractivity contribution in [3.63, 3.8) is 0 Å². The van der Waals surface area contributed by atoms with Crippen LogP contribution >= 0.6 is 0 Å². The van der Waals surface area contributed by atoms with Gasteiger partial charge in [-0.15, -0.1) is 0 Å². The monoisotopic (exact) mass is 741 g/mol. The van der Waals surface area contributed by atoms with Crippen molar-refractivity contribution >= 4 is 35.3 Å². The maximum absolute atomic E-state index is 14.0. The lowest BCUT2D eigenvalue weighted by Gasteiger charge is -2.28. The molecule has 13 nitrogen and oxygen atoms in total. The molecule has 2 rings (SSSR count). The SMILES string of the molecule is COc1c(CN(CC(=O)OC(C)(C)C)CC(=O)OC(C)(C)C)cc(C(=O)c2ccc(N)cc2)cc1CN(CC(=O)OC(C)(C)C)CC(=O)OC(C)(C)C. The summed E-state index contributed by atoms with van der Waals surface area (Å²) in [6, 6.07) is 9.71. The molecule has 0 aliphatic carbocycles. The molecular weight excluding hydrogens is 682 g/mol. The molecule has 2 N–H and O–H groups in total. The number of benzene rings is 2. The summed E-state index contributed by atoms with van der Waals surface area (Å²) >= 11 is 0. The Kier molecular flexibility index (Phi) is 15.2. The Morgan fingerprint density at radius 2 is 0.830 bits per heavy atom. The fourth-order valence-electron chi connectivity index (χ4n) is 5.23. The van der Waals surface area contributed by atoms with Crippen molar-refractivity contribution < 1.29 is 47.7 Å². The summed E-state index contributed by atoms with van der Waals surface area (Å²) < 4.78 is 28.2. The Bertz CT molecular complexity index is 1460. The maximum Gasteiger partial charge on any atom is 0.320 e. The van der Waals surface area contributed by atoms with Crippen LogP contribution in [0, 0.1) is 0 Å². The van der Waals surface area contributed by atoms with Gasteiger partial charge in [0.25, 0.3) is 0 Å². The highest BCUT2D eigenvalue weighted by Gasteiger charge is 2.28. The maximum atomic E-state index is 14.0. The van der Waals surface area contributed by atoms with Gasteiger partial charge in [0.1, 0.15) is 28.2 Å². The van der Waals surface area contributed by atoms with Gasteiger partial charge in [-0.3, -0.25) is 33.8 Å². The highest BCUT2D eigenvalue weighted by Crippen LogP contribution is 2.30. The van der Waals surface area contributed by atoms with Crippen molar-refractivity contribution in [2.45, 2.75) is 119 Å². The lowest BCUT2D eigenvalue weighted by atomic mass is 9.96. The van der Waals surface area contributed by atoms with Gasteiger partial charge in [-0.2, -0.15) is 0 Å². The topological polar surface area (TPSA) is 164 Å². The molecule has 0 aromatic heterocycles. The van der Waals surface area contributed by atoms with Crippen LogP contribution in [0.15, 0.2) is 36.4 Å². The third kappa shape index (κ3) is 17.3. The first-order valence-electron chi connectivity index (χ1n) is 17.5. The zero-order valence-corrected chi connectivity index (χ0v) is 33.8. The summed E-state index contributed by atoms with van der Waals surface area (Å²) in [6.45, 7) is 19.7. The fourth-order valence-corrected chi connectivity index (χ4v) is 5.23. The van der Waals surface area contributed by atoms with Crippen LogP contribution in [0.25, 0.3) is 0 Å². The van der Waals surface area contributed by atoms with E-state index in [1.165, 1.54) is 7.11 Å². The number of hydrogen-bond donors (Lipinski definition) is 1. The molecule has 0 saturated carbocycles. The first kappa shape index (κ1) is 44.7. The second-order valence-electron chi connectivity index (χ2n) is 16.9. The third-order valence-electron chi connectivity index (χ3n) is 6.76. The average molecular weight is 742 g/mol. The molecule has 2 aromatic rings. The fraction of sp³-hybridized carbons (Fsp3) is 0.575. The molecule has 0 spiro atoms. The van der Waals surface area contributed by atoms with Crippen molar-refractivity contribution in [1.29, 1.82) is 0 Å². The number of anilines is 1. The second kappa shape index (κ2) is 18.0. The number of hydrogen-bond acceptors (Lipinski definition) is 13. The molecule has 294 valence electrons. The smallest absolute Gasteiger partial charge is 0.320 e. The lowest BCUT2D eigenvalue weighted by molar-refractivity contribution is -0.162. The molecule has 53 heavy (non-hydrogen) atoms. The summed E-state index contributed by atoms with van der Waals surface area (Å²) in [7, 11) is 1.45. The van der Waals surface area contributed by atoms with Gasteiger partial charge in [-0.05, 0) is 119 Å². The predicted molar refractivity (Wildman–Crippen MR) is 201 cm³/mol. The molecule has 0 heterocycles. The highest BCUT2D eigenvalue weighted by molar-refractivity contribution is 6.09. The van der Waals surface area contributed by atoms with Crippen LogP contribution < -0.4 is 10.5 Å². The van der Waals surface area contributed by atoms with Gasteiger partial charge >= 0.3 is 23.9 Å². The number of carbonyl (C=O) groups is 5.